The van der Waals surface area contributed by atoms with Gasteiger partial charge in [-0.2, -0.15) is 0 Å². The maximum atomic E-state index is 12.3. The van der Waals surface area contributed by atoms with Crippen molar-refractivity contribution in [3.05, 3.63) is 17.0 Å². The monoisotopic (exact) mass is 234 g/mol. The molecule has 0 saturated heterocycles. The Balaban J connectivity index is 2.99. The van der Waals surface area contributed by atoms with Crippen LogP contribution < -0.4 is 4.62 Å². The van der Waals surface area contributed by atoms with E-state index in [4.69, 9.17) is 9.05 Å². The molecule has 1 heterocycles. The van der Waals surface area contributed by atoms with Crippen molar-refractivity contribution in [2.24, 2.45) is 0 Å². The Morgan fingerprint density at radius 1 is 1.36 bits per heavy atom. The molecule has 0 atom stereocenters. The van der Waals surface area contributed by atoms with Crippen molar-refractivity contribution in [1.29, 1.82) is 0 Å². The minimum atomic E-state index is -3.04. The number of aryl methyl sites for hydroxylation is 1. The van der Waals surface area contributed by atoms with E-state index in [2.05, 4.69) is 0 Å². The highest BCUT2D eigenvalue weighted by molar-refractivity contribution is 7.68. The lowest BCUT2D eigenvalue weighted by Gasteiger charge is -2.15. The van der Waals surface area contributed by atoms with Gasteiger partial charge in [-0.25, -0.2) is 0 Å². The fourth-order valence-electron chi connectivity index (χ4n) is 1.14. The fourth-order valence-corrected chi connectivity index (χ4v) is 4.31. The first-order valence-electron chi connectivity index (χ1n) is 4.57. The van der Waals surface area contributed by atoms with E-state index in [0.29, 0.717) is 13.2 Å². The molecule has 80 valence electrons. The van der Waals surface area contributed by atoms with Crippen LogP contribution in [0.4, 0.5) is 0 Å². The van der Waals surface area contributed by atoms with Crippen LogP contribution >= 0.6 is 18.9 Å². The van der Waals surface area contributed by atoms with E-state index in [1.807, 2.05) is 32.2 Å². The minimum absolute atomic E-state index is 0.397. The van der Waals surface area contributed by atoms with Crippen LogP contribution in [0.3, 0.4) is 0 Å². The second kappa shape index (κ2) is 5.08. The fraction of sp³-hybridized carbons (Fsp3) is 0.556. The SMILES string of the molecule is CCOP(=O)(OCC)c1sccc1C. The predicted octanol–water partition coefficient (Wildman–Crippen LogP) is 2.95. The summed E-state index contributed by atoms with van der Waals surface area (Å²) in [6.45, 7) is 6.34. The second-order valence-electron chi connectivity index (χ2n) is 2.74. The predicted molar refractivity (Wildman–Crippen MR) is 59.5 cm³/mol. The van der Waals surface area contributed by atoms with Crippen molar-refractivity contribution >= 4 is 23.6 Å². The highest BCUT2D eigenvalue weighted by atomic mass is 32.1. The molecule has 0 N–H and O–H groups in total. The number of hydrogen-bond acceptors (Lipinski definition) is 4. The molecule has 1 aromatic rings. The molecule has 1 aromatic heterocycles. The Labute approximate surface area is 88.6 Å². The summed E-state index contributed by atoms with van der Waals surface area (Å²) in [5, 5.41) is 1.90. The first-order chi connectivity index (χ1) is 6.64. The van der Waals surface area contributed by atoms with Gasteiger partial charge in [0.1, 0.15) is 4.62 Å². The van der Waals surface area contributed by atoms with Crippen LogP contribution in [0.15, 0.2) is 11.4 Å². The van der Waals surface area contributed by atoms with Crippen LogP contribution in [-0.2, 0) is 13.6 Å². The molecule has 0 aliphatic heterocycles. The van der Waals surface area contributed by atoms with Crippen LogP contribution in [0.1, 0.15) is 19.4 Å². The molecule has 0 aromatic carbocycles. The lowest BCUT2D eigenvalue weighted by molar-refractivity contribution is 0.230. The molecule has 0 radical (unpaired) electrons. The summed E-state index contributed by atoms with van der Waals surface area (Å²) in [5.74, 6) is 0. The van der Waals surface area contributed by atoms with Gasteiger partial charge in [-0.15, -0.1) is 11.3 Å². The normalized spacial score (nSPS) is 11.9. The summed E-state index contributed by atoms with van der Waals surface area (Å²) in [4.78, 5) is 0. The Bertz CT molecular complexity index is 325. The van der Waals surface area contributed by atoms with E-state index in [1.54, 1.807) is 0 Å². The molecule has 0 saturated carbocycles. The van der Waals surface area contributed by atoms with E-state index in [1.165, 1.54) is 11.3 Å². The lowest BCUT2D eigenvalue weighted by Crippen LogP contribution is -2.09. The van der Waals surface area contributed by atoms with Gasteiger partial charge in [0, 0.05) is 0 Å². The largest absolute Gasteiger partial charge is 0.371 e. The number of thiophene rings is 1. The Hall–Kier alpha value is -0.150. The van der Waals surface area contributed by atoms with E-state index < -0.39 is 7.60 Å². The molecule has 14 heavy (non-hydrogen) atoms. The van der Waals surface area contributed by atoms with Crippen LogP contribution in [0.2, 0.25) is 0 Å². The molecule has 0 spiro atoms. The van der Waals surface area contributed by atoms with E-state index in [0.717, 1.165) is 10.2 Å². The zero-order valence-electron chi connectivity index (χ0n) is 8.65. The molecular weight excluding hydrogens is 219 g/mol. The quantitative estimate of drug-likeness (QED) is 0.735. The number of hydrogen-bond donors (Lipinski definition) is 0. The number of rotatable bonds is 5. The molecule has 0 aliphatic carbocycles. The molecule has 1 rings (SSSR count). The van der Waals surface area contributed by atoms with Gasteiger partial charge in [0.15, 0.2) is 0 Å². The van der Waals surface area contributed by atoms with Crippen molar-refractivity contribution in [3.8, 4) is 0 Å². The zero-order chi connectivity index (χ0) is 10.6. The maximum Gasteiger partial charge on any atom is 0.371 e. The van der Waals surface area contributed by atoms with E-state index in [-0.39, 0.29) is 0 Å². The highest BCUT2D eigenvalue weighted by Crippen LogP contribution is 2.49. The summed E-state index contributed by atoms with van der Waals surface area (Å²) < 4.78 is 23.5. The average Bonchev–Trinajstić information content (AvgIpc) is 2.52. The Morgan fingerprint density at radius 2 is 1.93 bits per heavy atom. The van der Waals surface area contributed by atoms with Crippen LogP contribution in [0.25, 0.3) is 0 Å². The molecule has 5 heteroatoms. The Kier molecular flexibility index (Phi) is 4.32. The van der Waals surface area contributed by atoms with E-state index >= 15 is 0 Å². The molecule has 0 bridgehead atoms. The van der Waals surface area contributed by atoms with Gasteiger partial charge in [-0.1, -0.05) is 0 Å². The van der Waals surface area contributed by atoms with Crippen molar-refractivity contribution in [3.63, 3.8) is 0 Å². The molecule has 0 aliphatic rings. The molecule has 0 unspecified atom stereocenters. The van der Waals surface area contributed by atoms with Gasteiger partial charge in [0.25, 0.3) is 0 Å². The second-order valence-corrected chi connectivity index (χ2v) is 5.92. The van der Waals surface area contributed by atoms with E-state index in [9.17, 15) is 4.57 Å². The average molecular weight is 234 g/mol. The lowest BCUT2D eigenvalue weighted by atomic mass is 10.4. The molecular formula is C9H15O3PS. The van der Waals surface area contributed by atoms with Crippen molar-refractivity contribution in [2.75, 3.05) is 13.2 Å². The highest BCUT2D eigenvalue weighted by Gasteiger charge is 2.29. The van der Waals surface area contributed by atoms with Gasteiger partial charge in [0.2, 0.25) is 0 Å². The zero-order valence-corrected chi connectivity index (χ0v) is 10.4. The summed E-state index contributed by atoms with van der Waals surface area (Å²) in [5.41, 5.74) is 0.972. The van der Waals surface area contributed by atoms with Gasteiger partial charge in [-0.05, 0) is 37.8 Å². The standard InChI is InChI=1S/C9H15O3PS/c1-4-11-13(10,12-5-2)9-8(3)6-7-14-9/h6-7H,4-5H2,1-3H3. The molecule has 0 fully saturated rings. The van der Waals surface area contributed by atoms with Crippen LogP contribution in [-0.4, -0.2) is 13.2 Å². The molecule has 0 amide bonds. The summed E-state index contributed by atoms with van der Waals surface area (Å²) >= 11 is 1.42. The van der Waals surface area contributed by atoms with Gasteiger partial charge >= 0.3 is 7.60 Å². The first kappa shape index (κ1) is 11.9. The third-order valence-electron chi connectivity index (χ3n) is 1.68. The summed E-state index contributed by atoms with van der Waals surface area (Å²) in [6.07, 6.45) is 0. The summed E-state index contributed by atoms with van der Waals surface area (Å²) in [7, 11) is -3.04. The van der Waals surface area contributed by atoms with Crippen molar-refractivity contribution in [1.82, 2.24) is 0 Å². The minimum Gasteiger partial charge on any atom is -0.305 e. The van der Waals surface area contributed by atoms with Gasteiger partial charge in [0.05, 0.1) is 13.2 Å². The smallest absolute Gasteiger partial charge is 0.305 e. The van der Waals surface area contributed by atoms with Gasteiger partial charge < -0.3 is 9.05 Å². The third-order valence-corrected chi connectivity index (χ3v) is 5.53. The first-order valence-corrected chi connectivity index (χ1v) is 7.00. The van der Waals surface area contributed by atoms with Crippen LogP contribution in [0, 0.1) is 6.92 Å². The van der Waals surface area contributed by atoms with Crippen LogP contribution in [0.5, 0.6) is 0 Å². The molecule has 3 nitrogen and oxygen atoms in total. The van der Waals surface area contributed by atoms with Crippen molar-refractivity contribution in [2.45, 2.75) is 20.8 Å². The summed E-state index contributed by atoms with van der Waals surface area (Å²) in [6, 6.07) is 1.92. The van der Waals surface area contributed by atoms with Gasteiger partial charge in [-0.3, -0.25) is 4.57 Å². The third kappa shape index (κ3) is 2.45. The Morgan fingerprint density at radius 3 is 2.29 bits per heavy atom. The topological polar surface area (TPSA) is 35.5 Å². The maximum absolute atomic E-state index is 12.3. The van der Waals surface area contributed by atoms with Crippen molar-refractivity contribution < 1.29 is 13.6 Å².